The number of allylic oxidation sites excluding steroid dienone is 1. The lowest BCUT2D eigenvalue weighted by molar-refractivity contribution is 1.27. The summed E-state index contributed by atoms with van der Waals surface area (Å²) in [5.74, 6) is 0. The summed E-state index contributed by atoms with van der Waals surface area (Å²) in [6.45, 7) is 3.70. The van der Waals surface area contributed by atoms with Gasteiger partial charge in [0.1, 0.15) is 0 Å². The van der Waals surface area contributed by atoms with E-state index in [1.165, 1.54) is 6.20 Å². The van der Waals surface area contributed by atoms with Crippen LogP contribution < -0.4 is 5.73 Å². The molecule has 0 atom stereocenters. The van der Waals surface area contributed by atoms with E-state index < -0.39 is 0 Å². The van der Waals surface area contributed by atoms with E-state index >= 15 is 0 Å². The minimum Gasteiger partial charge on any atom is -0.403 e. The molecule has 7 heavy (non-hydrogen) atoms. The maximum Gasteiger partial charge on any atom is 0.0522 e. The zero-order chi connectivity index (χ0) is 5.70. The van der Waals surface area contributed by atoms with Crippen molar-refractivity contribution in [3.63, 3.8) is 0 Å². The monoisotopic (exact) mass is 98.1 g/mol. The average molecular weight is 98.1 g/mol. The molecule has 2 heteroatoms. The second-order valence-corrected chi connectivity index (χ2v) is 1.20. The summed E-state index contributed by atoms with van der Waals surface area (Å²) >= 11 is 0. The van der Waals surface area contributed by atoms with Crippen LogP contribution in [-0.4, -0.2) is 6.21 Å². The van der Waals surface area contributed by atoms with Crippen LogP contribution in [0, 0.1) is 0 Å². The van der Waals surface area contributed by atoms with E-state index in [1.807, 2.05) is 13.8 Å². The van der Waals surface area contributed by atoms with E-state index in [9.17, 15) is 0 Å². The normalized spacial score (nSPS) is 13.1. The Morgan fingerprint density at radius 3 is 2.43 bits per heavy atom. The van der Waals surface area contributed by atoms with Gasteiger partial charge >= 0.3 is 0 Å². The van der Waals surface area contributed by atoms with E-state index in [1.54, 1.807) is 6.21 Å². The molecule has 0 unspecified atom stereocenters. The van der Waals surface area contributed by atoms with Crippen LogP contribution in [0.4, 0.5) is 0 Å². The lowest BCUT2D eigenvalue weighted by Gasteiger charge is -1.82. The number of hydrogen-bond donors (Lipinski definition) is 1. The summed E-state index contributed by atoms with van der Waals surface area (Å²) in [6, 6.07) is 0. The molecule has 0 aromatic carbocycles. The molecule has 0 fully saturated rings. The van der Waals surface area contributed by atoms with Crippen molar-refractivity contribution in [3.8, 4) is 0 Å². The molecule has 2 N–H and O–H groups in total. The van der Waals surface area contributed by atoms with Crippen molar-refractivity contribution in [1.82, 2.24) is 0 Å². The van der Waals surface area contributed by atoms with Crippen LogP contribution >= 0.6 is 0 Å². The summed E-state index contributed by atoms with van der Waals surface area (Å²) in [5, 5.41) is 0. The van der Waals surface area contributed by atoms with Gasteiger partial charge in [0, 0.05) is 12.4 Å². The van der Waals surface area contributed by atoms with E-state index in [0.717, 1.165) is 5.70 Å². The molecule has 2 nitrogen and oxygen atoms in total. The smallest absolute Gasteiger partial charge is 0.0522 e. The van der Waals surface area contributed by atoms with E-state index in [-0.39, 0.29) is 0 Å². The Hall–Kier alpha value is -0.790. The Bertz CT molecular complexity index is 92.3. The molecule has 0 aliphatic heterocycles. The van der Waals surface area contributed by atoms with Gasteiger partial charge < -0.3 is 5.73 Å². The lowest BCUT2D eigenvalue weighted by Crippen LogP contribution is -1.79. The molecule has 0 rings (SSSR count). The maximum absolute atomic E-state index is 5.08. The van der Waals surface area contributed by atoms with Gasteiger partial charge in [-0.1, -0.05) is 0 Å². The van der Waals surface area contributed by atoms with Crippen LogP contribution in [0.1, 0.15) is 13.8 Å². The standard InChI is InChI=1S/C5H10N2/c1-3-7-5(2)4-6/h3-4H,6H2,1-2H3/b5-4+,7-3-. The van der Waals surface area contributed by atoms with Crippen molar-refractivity contribution < 1.29 is 0 Å². The summed E-state index contributed by atoms with van der Waals surface area (Å²) in [5.41, 5.74) is 5.93. The Morgan fingerprint density at radius 2 is 2.29 bits per heavy atom. The second-order valence-electron chi connectivity index (χ2n) is 1.20. The predicted octanol–water partition coefficient (Wildman–Crippen LogP) is 0.897. The summed E-state index contributed by atoms with van der Waals surface area (Å²) in [6.07, 6.45) is 3.18. The van der Waals surface area contributed by atoms with Crippen molar-refractivity contribution in [2.45, 2.75) is 13.8 Å². The van der Waals surface area contributed by atoms with Crippen LogP contribution in [-0.2, 0) is 0 Å². The first-order chi connectivity index (χ1) is 3.31. The van der Waals surface area contributed by atoms with Crippen molar-refractivity contribution >= 4 is 6.21 Å². The number of aliphatic imine (C=N–C) groups is 1. The van der Waals surface area contributed by atoms with Gasteiger partial charge in [0.05, 0.1) is 5.70 Å². The van der Waals surface area contributed by atoms with Crippen LogP contribution in [0.2, 0.25) is 0 Å². The molecule has 0 radical (unpaired) electrons. The fraction of sp³-hybridized carbons (Fsp3) is 0.400. The Labute approximate surface area is 43.7 Å². The largest absolute Gasteiger partial charge is 0.403 e. The molecule has 0 aliphatic carbocycles. The van der Waals surface area contributed by atoms with Gasteiger partial charge in [-0.25, -0.2) is 0 Å². The molecule has 0 heterocycles. The second kappa shape index (κ2) is 3.40. The molecule has 0 amide bonds. The highest BCUT2D eigenvalue weighted by atomic mass is 14.7. The lowest BCUT2D eigenvalue weighted by atomic mass is 10.5. The van der Waals surface area contributed by atoms with E-state index in [0.29, 0.717) is 0 Å². The molecular weight excluding hydrogens is 88.1 g/mol. The molecule has 0 bridgehead atoms. The Kier molecular flexibility index (Phi) is 3.02. The summed E-state index contributed by atoms with van der Waals surface area (Å²) in [4.78, 5) is 3.85. The average Bonchev–Trinajstić information content (AvgIpc) is 1.68. The summed E-state index contributed by atoms with van der Waals surface area (Å²) in [7, 11) is 0. The third-order valence-corrected chi connectivity index (χ3v) is 0.574. The topological polar surface area (TPSA) is 38.4 Å². The van der Waals surface area contributed by atoms with Gasteiger partial charge in [0.2, 0.25) is 0 Å². The van der Waals surface area contributed by atoms with Crippen molar-refractivity contribution in [3.05, 3.63) is 11.9 Å². The Balaban J connectivity index is 3.58. The van der Waals surface area contributed by atoms with Crippen molar-refractivity contribution in [2.75, 3.05) is 0 Å². The molecule has 0 aliphatic rings. The Morgan fingerprint density at radius 1 is 1.71 bits per heavy atom. The molecule has 0 aromatic heterocycles. The number of rotatable bonds is 1. The molecule has 0 saturated heterocycles. The van der Waals surface area contributed by atoms with Gasteiger partial charge in [-0.15, -0.1) is 0 Å². The van der Waals surface area contributed by atoms with Gasteiger partial charge in [-0.3, -0.25) is 4.99 Å². The van der Waals surface area contributed by atoms with Crippen LogP contribution in [0.15, 0.2) is 16.9 Å². The first kappa shape index (κ1) is 6.21. The minimum absolute atomic E-state index is 0.850. The fourth-order valence-corrected chi connectivity index (χ4v) is 0.247. The molecule has 0 saturated carbocycles. The van der Waals surface area contributed by atoms with Gasteiger partial charge in [-0.05, 0) is 13.8 Å². The van der Waals surface area contributed by atoms with Crippen molar-refractivity contribution in [1.29, 1.82) is 0 Å². The van der Waals surface area contributed by atoms with Gasteiger partial charge in [-0.2, -0.15) is 0 Å². The summed E-state index contributed by atoms with van der Waals surface area (Å²) < 4.78 is 0. The number of nitrogens with two attached hydrogens (primary N) is 1. The van der Waals surface area contributed by atoms with Crippen LogP contribution in [0.25, 0.3) is 0 Å². The highest BCUT2D eigenvalue weighted by molar-refractivity contribution is 5.54. The van der Waals surface area contributed by atoms with Crippen molar-refractivity contribution in [2.24, 2.45) is 10.7 Å². The van der Waals surface area contributed by atoms with Crippen LogP contribution in [0.5, 0.6) is 0 Å². The number of nitrogens with zero attached hydrogens (tertiary/aromatic N) is 1. The first-order valence-electron chi connectivity index (χ1n) is 2.18. The van der Waals surface area contributed by atoms with Gasteiger partial charge in [0.25, 0.3) is 0 Å². The maximum atomic E-state index is 5.08. The minimum atomic E-state index is 0.850. The first-order valence-corrected chi connectivity index (χ1v) is 2.18. The van der Waals surface area contributed by atoms with Crippen LogP contribution in [0.3, 0.4) is 0 Å². The predicted molar refractivity (Wildman–Crippen MR) is 32.1 cm³/mol. The zero-order valence-electron chi connectivity index (χ0n) is 4.68. The quantitative estimate of drug-likeness (QED) is 0.486. The van der Waals surface area contributed by atoms with Gasteiger partial charge in [0.15, 0.2) is 0 Å². The highest BCUT2D eigenvalue weighted by Gasteiger charge is 1.71. The SMILES string of the molecule is C/C=N\C(C)=C\N. The number of hydrogen-bond acceptors (Lipinski definition) is 2. The molecule has 40 valence electrons. The molecule has 0 spiro atoms. The third-order valence-electron chi connectivity index (χ3n) is 0.574. The molecule has 0 aromatic rings. The fourth-order valence-electron chi connectivity index (χ4n) is 0.247. The zero-order valence-corrected chi connectivity index (χ0v) is 4.68. The van der Waals surface area contributed by atoms with E-state index in [4.69, 9.17) is 5.73 Å². The highest BCUT2D eigenvalue weighted by Crippen LogP contribution is 1.86. The van der Waals surface area contributed by atoms with E-state index in [2.05, 4.69) is 4.99 Å². The molecular formula is C5H10N2. The third kappa shape index (κ3) is 3.03.